The zero-order chi connectivity index (χ0) is 35.3. The molecule has 0 spiro atoms. The Morgan fingerprint density at radius 3 is 0.484 bits per heavy atom. The second-order valence-corrected chi connectivity index (χ2v) is 10.1. The Bertz CT molecular complexity index is 332. The molecule has 1 aliphatic carbocycles. The van der Waals surface area contributed by atoms with Crippen LogP contribution in [0.1, 0.15) is 366 Å². The van der Waals surface area contributed by atoms with Gasteiger partial charge in [0.15, 0.2) is 0 Å². The van der Waals surface area contributed by atoms with Crippen LogP contribution in [-0.4, -0.2) is 20.0 Å². The molecule has 3 heteroatoms. The minimum Gasteiger partial charge on any atom is -0.388 e. The highest BCUT2D eigenvalue weighted by atomic mass is 32.1. The van der Waals surface area contributed by atoms with Crippen LogP contribution < -0.4 is 0 Å². The highest BCUT2D eigenvalue weighted by Crippen LogP contribution is 2.27. The topological polar surface area (TPSA) is 26.3 Å². The lowest BCUT2D eigenvalue weighted by Crippen LogP contribution is -2.08. The second kappa shape index (κ2) is 432. The number of ketones is 1. The molecule has 1 fully saturated rings. The Morgan fingerprint density at radius 1 is 0.391 bits per heavy atom. The Hall–Kier alpha value is -0.720. The molecule has 64 heavy (non-hydrogen) atoms. The third-order valence-corrected chi connectivity index (χ3v) is 2.89. The molecule has 0 amide bonds. The first kappa shape index (κ1) is 268. The quantitative estimate of drug-likeness (QED) is 0.179. The number of allylic oxidation sites excluding steroid dienone is 2. The van der Waals surface area contributed by atoms with Crippen molar-refractivity contribution in [2.24, 2.45) is 11.8 Å². The first-order chi connectivity index (χ1) is 19.2. The van der Waals surface area contributed by atoms with Gasteiger partial charge in [-0.15, -0.1) is 11.8 Å². The van der Waals surface area contributed by atoms with Gasteiger partial charge in [-0.25, -0.2) is 0 Å². The van der Waals surface area contributed by atoms with E-state index in [1.54, 1.807) is 14.2 Å². The van der Waals surface area contributed by atoms with E-state index < -0.39 is 0 Å². The van der Waals surface area contributed by atoms with E-state index in [2.05, 4.69) is 114 Å². The van der Waals surface area contributed by atoms with Gasteiger partial charge in [0, 0.05) is 14.2 Å². The number of methoxy groups -OCH3 is 1. The van der Waals surface area contributed by atoms with E-state index in [1.165, 1.54) is 78.1 Å². The summed E-state index contributed by atoms with van der Waals surface area (Å²) in [6, 6.07) is 0. The van der Waals surface area contributed by atoms with Gasteiger partial charge in [-0.05, 0) is 53.4 Å². The second-order valence-electron chi connectivity index (χ2n) is 10.1. The number of carbonyl (C=O) groups is 1. The van der Waals surface area contributed by atoms with Crippen molar-refractivity contribution in [3.8, 4) is 11.8 Å². The molecule has 0 bridgehead atoms. The van der Waals surface area contributed by atoms with Crippen molar-refractivity contribution in [3.05, 3.63) is 12.2 Å². The zero-order valence-corrected chi connectivity index (χ0v) is 35.2. The summed E-state index contributed by atoms with van der Waals surface area (Å²) in [5.41, 5.74) is 0. The van der Waals surface area contributed by atoms with E-state index in [-0.39, 0.29) is 183 Å². The van der Waals surface area contributed by atoms with Crippen LogP contribution in [0.25, 0.3) is 0 Å². The van der Waals surface area contributed by atoms with E-state index in [9.17, 15) is 4.79 Å². The van der Waals surface area contributed by atoms with Gasteiger partial charge in [-0.2, -0.15) is 13.5 Å². The van der Waals surface area contributed by atoms with Gasteiger partial charge >= 0.3 is 0 Å². The van der Waals surface area contributed by atoms with Crippen LogP contribution in [0.5, 0.6) is 0 Å². The predicted molar refractivity (Wildman–Crippen MR) is 360 cm³/mol. The molecule has 0 aromatic heterocycles. The Morgan fingerprint density at radius 2 is 0.453 bits per heavy atom. The average Bonchev–Trinajstić information content (AvgIpc) is 2.89. The number of hydrogen-bond donors (Lipinski definition) is 0. The Balaban J connectivity index is -0.00000000522. The van der Waals surface area contributed by atoms with Crippen LogP contribution in [0.3, 0.4) is 0 Å². The first-order valence-corrected chi connectivity index (χ1v) is 17.0. The molecule has 1 aliphatic rings. The molecular formula is C61H180O2S. The third-order valence-electron chi connectivity index (χ3n) is 2.89. The number of rotatable bonds is 0. The van der Waals surface area contributed by atoms with E-state index in [0.29, 0.717) is 0 Å². The maximum absolute atomic E-state index is 9.44. The average molecular weight is 978 g/mol. The van der Waals surface area contributed by atoms with Crippen LogP contribution in [0, 0.1) is 23.7 Å². The van der Waals surface area contributed by atoms with Crippen LogP contribution in [0.4, 0.5) is 0 Å². The molecule has 0 atom stereocenters. The van der Waals surface area contributed by atoms with E-state index in [1.807, 2.05) is 39.8 Å². The van der Waals surface area contributed by atoms with Crippen molar-refractivity contribution in [3.63, 3.8) is 0 Å². The summed E-state index contributed by atoms with van der Waals surface area (Å²) in [5.74, 6) is 7.57. The van der Waals surface area contributed by atoms with Gasteiger partial charge in [0.2, 0.25) is 0 Å². The minimum atomic E-state index is 0. The third kappa shape index (κ3) is 1750. The van der Waals surface area contributed by atoms with Crippen LogP contribution in [-0.2, 0) is 9.53 Å². The van der Waals surface area contributed by atoms with Gasteiger partial charge in [0.1, 0.15) is 5.78 Å². The summed E-state index contributed by atoms with van der Waals surface area (Å²) in [7, 11) is 3.25. The van der Waals surface area contributed by atoms with E-state index >= 15 is 0 Å². The van der Waals surface area contributed by atoms with Crippen molar-refractivity contribution >= 4 is 19.3 Å². The van der Waals surface area contributed by atoms with Crippen molar-refractivity contribution < 1.29 is 9.53 Å². The largest absolute Gasteiger partial charge is 0.388 e. The lowest BCUT2D eigenvalue weighted by molar-refractivity contribution is -0.115. The molecule has 0 aromatic carbocycles. The summed E-state index contributed by atoms with van der Waals surface area (Å²) < 4.78 is 4.25. The summed E-state index contributed by atoms with van der Waals surface area (Å²) in [5, 5.41) is 0. The number of hydrogen-bond acceptors (Lipinski definition) is 2. The van der Waals surface area contributed by atoms with Gasteiger partial charge in [-0.3, -0.25) is 0 Å². The zero-order valence-electron chi connectivity index (χ0n) is 34.2. The highest BCUT2D eigenvalue weighted by molar-refractivity contribution is 7.59. The summed E-state index contributed by atoms with van der Waals surface area (Å²) in [6.45, 7) is 40.9. The van der Waals surface area contributed by atoms with Crippen LogP contribution in [0.2, 0.25) is 0 Å². The molecule has 0 heterocycles. The first-order valence-electron chi connectivity index (χ1n) is 17.0. The van der Waals surface area contributed by atoms with Crippen LogP contribution >= 0.6 is 13.5 Å². The summed E-state index contributed by atoms with van der Waals surface area (Å²) in [4.78, 5) is 9.44. The highest BCUT2D eigenvalue weighted by Gasteiger charge is 2.13. The lowest BCUT2D eigenvalue weighted by Gasteiger charge is -2.22. The van der Waals surface area contributed by atoms with Gasteiger partial charge in [0.05, 0.1) is 0 Å². The molecule has 442 valence electrons. The molecule has 1 rings (SSSR count). The van der Waals surface area contributed by atoms with Crippen molar-refractivity contribution in [2.45, 2.75) is 366 Å². The van der Waals surface area contributed by atoms with Gasteiger partial charge in [0.25, 0.3) is 0 Å². The molecule has 0 saturated heterocycles. The fourth-order valence-corrected chi connectivity index (χ4v) is 1.43. The maximum atomic E-state index is 9.44. The van der Waals surface area contributed by atoms with Crippen molar-refractivity contribution in [2.75, 3.05) is 14.2 Å². The van der Waals surface area contributed by atoms with E-state index in [0.717, 1.165) is 11.8 Å². The molecule has 1 saturated carbocycles. The molecule has 0 aliphatic heterocycles. The fourth-order valence-electron chi connectivity index (χ4n) is 1.43. The smallest absolute Gasteiger partial charge is 0.126 e. The molecule has 0 radical (unpaired) electrons. The molecule has 2 nitrogen and oxygen atoms in total. The fraction of sp³-hybridized carbons (Fsp3) is 0.918. The Kier molecular flexibility index (Phi) is 1810. The number of carbonyl (C=O) groups excluding carboxylic acids is 1. The predicted octanol–water partition coefficient (Wildman–Crippen LogP) is 28.9. The number of Topliss-reactive ketones (excluding diaryl/α,β-unsaturated/α-hetero) is 1. The SMILES string of the molecule is C.C.C.C.C.C.C.C.C.C.C.C.C.C.C.C.C.C.C.C.C.C.CC#CC.CC(C)=O.CC1CCC(C)CC1.CC=CC.CCC.CCC.CCC.CCC.CCC.CCC.COC.S. The van der Waals surface area contributed by atoms with Crippen LogP contribution in [0.15, 0.2) is 12.2 Å². The molecular weight excluding hydrogens is 797 g/mol. The maximum Gasteiger partial charge on any atom is 0.126 e. The van der Waals surface area contributed by atoms with Crippen molar-refractivity contribution in [1.29, 1.82) is 0 Å². The summed E-state index contributed by atoms with van der Waals surface area (Å²) in [6.07, 6.45) is 17.4. The number of ether oxygens (including phenoxy) is 1. The van der Waals surface area contributed by atoms with Crippen molar-refractivity contribution in [1.82, 2.24) is 0 Å². The van der Waals surface area contributed by atoms with Gasteiger partial charge in [-0.1, -0.05) is 337 Å². The Labute approximate surface area is 443 Å². The monoisotopic (exact) mass is 977 g/mol. The summed E-state index contributed by atoms with van der Waals surface area (Å²) >= 11 is 0. The lowest BCUT2D eigenvalue weighted by atomic mass is 9.84. The van der Waals surface area contributed by atoms with Gasteiger partial charge < -0.3 is 9.53 Å². The van der Waals surface area contributed by atoms with E-state index in [4.69, 9.17) is 0 Å². The molecule has 0 unspecified atom stereocenters. The standard InChI is InChI=1S/C8H16.C4H8.C4H6.C3H6O.6C3H8.C2H6O.22CH4.H2S/c1-7-3-5-8(2)6-4-7;2*1-3-4-2;1-3(2)4;7*1-3-2;;;;;;;;;;;;;;;;;;;;;;;/h7-8H,3-6H2,1-2H3;3-4H,1-2H3;2*1-2H3;6*3H2,1-2H3;1-2H3;22*1H4;1H2. The molecule has 0 N–H and O–H groups in total. The normalized spacial score (nSPS) is 8.16. The molecule has 0 aromatic rings. The minimum absolute atomic E-state index is 0.